The average molecular weight is 521 g/mol. The Morgan fingerprint density at radius 2 is 0.925 bits per heavy atom. The molecule has 2 aliphatic heterocycles. The molecule has 0 aliphatic carbocycles. The summed E-state index contributed by atoms with van der Waals surface area (Å²) in [6, 6.07) is 37.2. The molecule has 40 heavy (non-hydrogen) atoms. The van der Waals surface area contributed by atoms with E-state index in [9.17, 15) is 0 Å². The summed E-state index contributed by atoms with van der Waals surface area (Å²) in [5.74, 6) is 1.48. The number of hydrogen-bond donors (Lipinski definition) is 0. The third kappa shape index (κ3) is 3.06. The van der Waals surface area contributed by atoms with Crippen molar-refractivity contribution in [2.24, 2.45) is 0 Å². The predicted octanol–water partition coefficient (Wildman–Crippen LogP) is 8.92. The molecule has 0 saturated carbocycles. The minimum Gasteiger partial charge on any atom is -0.453 e. The first-order valence-corrected chi connectivity index (χ1v) is 13.1. The van der Waals surface area contributed by atoms with E-state index in [1.807, 2.05) is 77.7 Å². The van der Waals surface area contributed by atoms with Crippen LogP contribution in [0.5, 0.6) is 11.5 Å². The summed E-state index contributed by atoms with van der Waals surface area (Å²) in [6.07, 6.45) is 0.872. The summed E-state index contributed by atoms with van der Waals surface area (Å²) >= 11 is 0. The van der Waals surface area contributed by atoms with Crippen molar-refractivity contribution in [1.29, 1.82) is 0 Å². The second kappa shape index (κ2) is 7.97. The summed E-state index contributed by atoms with van der Waals surface area (Å²) in [5, 5.41) is 0. The van der Waals surface area contributed by atoms with Gasteiger partial charge in [-0.1, -0.05) is 60.7 Å². The van der Waals surface area contributed by atoms with Crippen molar-refractivity contribution in [3.8, 4) is 11.5 Å². The first kappa shape index (κ1) is 21.4. The van der Waals surface area contributed by atoms with Gasteiger partial charge in [-0.15, -0.1) is 0 Å². The Hall–Kier alpha value is -5.56. The zero-order chi connectivity index (χ0) is 26.2. The van der Waals surface area contributed by atoms with E-state index in [1.165, 1.54) is 11.1 Å². The van der Waals surface area contributed by atoms with E-state index in [2.05, 4.69) is 41.3 Å². The highest BCUT2D eigenvalue weighted by Gasteiger charge is 2.30. The van der Waals surface area contributed by atoms with Crippen LogP contribution in [0, 0.1) is 0 Å². The molecule has 190 valence electrons. The van der Waals surface area contributed by atoms with Crippen molar-refractivity contribution in [2.75, 3.05) is 9.80 Å². The normalized spacial score (nSPS) is 13.5. The summed E-state index contributed by atoms with van der Waals surface area (Å²) in [6.45, 7) is 0. The lowest BCUT2D eigenvalue weighted by Crippen LogP contribution is -2.18. The SMILES string of the molecule is c1ccc2c(c1)Cc1ccccc1N2c1nc2cc3oc(N4c5ccccc5Oc5ccccc54)nc3cc2o1. The summed E-state index contributed by atoms with van der Waals surface area (Å²) in [5.41, 5.74) is 8.99. The molecule has 4 heterocycles. The van der Waals surface area contributed by atoms with Gasteiger partial charge in [0.1, 0.15) is 11.0 Å². The van der Waals surface area contributed by atoms with Gasteiger partial charge in [-0.25, -0.2) is 0 Å². The first-order valence-electron chi connectivity index (χ1n) is 13.1. The molecule has 9 rings (SSSR count). The van der Waals surface area contributed by atoms with Crippen molar-refractivity contribution in [3.05, 3.63) is 120 Å². The first-order chi connectivity index (χ1) is 19.8. The van der Waals surface area contributed by atoms with E-state index in [-0.39, 0.29) is 0 Å². The molecule has 0 saturated heterocycles. The van der Waals surface area contributed by atoms with E-state index >= 15 is 0 Å². The van der Waals surface area contributed by atoms with Crippen LogP contribution in [0.25, 0.3) is 22.2 Å². The number of aromatic nitrogens is 2. The highest BCUT2D eigenvalue weighted by atomic mass is 16.5. The molecular weight excluding hydrogens is 500 g/mol. The smallest absolute Gasteiger partial charge is 0.308 e. The average Bonchev–Trinajstić information content (AvgIpc) is 3.60. The number of rotatable bonds is 2. The molecule has 0 fully saturated rings. The maximum atomic E-state index is 6.40. The highest BCUT2D eigenvalue weighted by Crippen LogP contribution is 2.50. The second-order valence-corrected chi connectivity index (χ2v) is 9.92. The van der Waals surface area contributed by atoms with Crippen LogP contribution in [0.15, 0.2) is 118 Å². The summed E-state index contributed by atoms with van der Waals surface area (Å²) < 4.78 is 18.9. The van der Waals surface area contributed by atoms with Gasteiger partial charge in [0.05, 0.1) is 22.7 Å². The maximum absolute atomic E-state index is 6.40. The molecule has 7 heteroatoms. The molecule has 5 aromatic carbocycles. The van der Waals surface area contributed by atoms with Crippen LogP contribution in [-0.2, 0) is 6.42 Å². The molecule has 0 amide bonds. The number of fused-ring (bicyclic) bond motifs is 6. The Labute approximate surface area is 228 Å². The summed E-state index contributed by atoms with van der Waals surface area (Å²) in [4.78, 5) is 13.9. The fourth-order valence-electron chi connectivity index (χ4n) is 5.73. The van der Waals surface area contributed by atoms with Crippen LogP contribution < -0.4 is 14.5 Å². The van der Waals surface area contributed by atoms with E-state index < -0.39 is 0 Å². The zero-order valence-corrected chi connectivity index (χ0v) is 21.1. The fraction of sp³-hybridized carbons (Fsp3) is 0.0303. The van der Waals surface area contributed by atoms with Crippen LogP contribution >= 0.6 is 0 Å². The Morgan fingerprint density at radius 3 is 1.45 bits per heavy atom. The number of nitrogens with zero attached hydrogens (tertiary/aromatic N) is 4. The van der Waals surface area contributed by atoms with Gasteiger partial charge < -0.3 is 13.6 Å². The molecular formula is C33H20N4O3. The lowest BCUT2D eigenvalue weighted by atomic mass is 9.96. The van der Waals surface area contributed by atoms with Gasteiger partial charge in [0.2, 0.25) is 0 Å². The van der Waals surface area contributed by atoms with Gasteiger partial charge in [-0.05, 0) is 47.5 Å². The maximum Gasteiger partial charge on any atom is 0.308 e. The van der Waals surface area contributed by atoms with Gasteiger partial charge in [0, 0.05) is 18.6 Å². The van der Waals surface area contributed by atoms with Crippen molar-refractivity contribution in [1.82, 2.24) is 9.97 Å². The third-order valence-electron chi connectivity index (χ3n) is 7.54. The zero-order valence-electron chi connectivity index (χ0n) is 21.1. The molecule has 0 radical (unpaired) electrons. The molecule has 0 N–H and O–H groups in total. The van der Waals surface area contributed by atoms with Gasteiger partial charge >= 0.3 is 12.0 Å². The number of oxazole rings is 2. The highest BCUT2D eigenvalue weighted by molar-refractivity contribution is 5.93. The van der Waals surface area contributed by atoms with Crippen LogP contribution in [0.3, 0.4) is 0 Å². The van der Waals surface area contributed by atoms with Gasteiger partial charge in [0.25, 0.3) is 0 Å². The van der Waals surface area contributed by atoms with E-state index in [0.717, 1.165) is 40.7 Å². The van der Waals surface area contributed by atoms with Crippen LogP contribution in [0.2, 0.25) is 0 Å². The quantitative estimate of drug-likeness (QED) is 0.225. The second-order valence-electron chi connectivity index (χ2n) is 9.92. The molecule has 7 nitrogen and oxygen atoms in total. The van der Waals surface area contributed by atoms with Gasteiger partial charge in [0.15, 0.2) is 22.7 Å². The Morgan fingerprint density at radius 1 is 0.500 bits per heavy atom. The van der Waals surface area contributed by atoms with E-state index in [0.29, 0.717) is 34.2 Å². The Kier molecular flexibility index (Phi) is 4.26. The molecule has 2 aromatic heterocycles. The molecule has 0 unspecified atom stereocenters. The largest absolute Gasteiger partial charge is 0.453 e. The molecule has 2 aliphatic rings. The minimum absolute atomic E-state index is 0.449. The molecule has 0 spiro atoms. The number of benzene rings is 5. The molecule has 0 bridgehead atoms. The minimum atomic E-state index is 0.449. The Bertz CT molecular complexity index is 1820. The van der Waals surface area contributed by atoms with Crippen molar-refractivity contribution in [3.63, 3.8) is 0 Å². The molecule has 0 atom stereocenters. The predicted molar refractivity (Wildman–Crippen MR) is 154 cm³/mol. The summed E-state index contributed by atoms with van der Waals surface area (Å²) in [7, 11) is 0. The monoisotopic (exact) mass is 520 g/mol. The van der Waals surface area contributed by atoms with Crippen molar-refractivity contribution in [2.45, 2.75) is 6.42 Å². The number of para-hydroxylation sites is 6. The fourth-order valence-corrected chi connectivity index (χ4v) is 5.73. The van der Waals surface area contributed by atoms with Crippen LogP contribution in [-0.4, -0.2) is 9.97 Å². The number of hydrogen-bond acceptors (Lipinski definition) is 7. The van der Waals surface area contributed by atoms with Gasteiger partial charge in [-0.3, -0.25) is 9.80 Å². The topological polar surface area (TPSA) is 67.8 Å². The van der Waals surface area contributed by atoms with Crippen LogP contribution in [0.4, 0.5) is 34.8 Å². The van der Waals surface area contributed by atoms with E-state index in [1.54, 1.807) is 0 Å². The Balaban J connectivity index is 1.18. The number of ether oxygens (including phenoxy) is 1. The third-order valence-corrected chi connectivity index (χ3v) is 7.54. The van der Waals surface area contributed by atoms with Crippen molar-refractivity contribution >= 4 is 57.0 Å². The lowest BCUT2D eigenvalue weighted by molar-refractivity contribution is 0.473. The van der Waals surface area contributed by atoms with E-state index in [4.69, 9.17) is 23.5 Å². The number of anilines is 6. The molecule has 7 aromatic rings. The van der Waals surface area contributed by atoms with Gasteiger partial charge in [-0.2, -0.15) is 9.97 Å². The van der Waals surface area contributed by atoms with Crippen LogP contribution in [0.1, 0.15) is 11.1 Å². The lowest BCUT2D eigenvalue weighted by Gasteiger charge is -2.30. The standard InChI is InChI=1S/C33H20N4O3/c1-3-11-24-20(9-1)17-21-10-2-4-12-25(21)36(24)32-34-22-18-31-23(19-30(22)39-32)35-33(40-31)37-26-13-5-7-15-28(26)38-29-16-8-6-14-27(29)37/h1-16,18-19H,17H2. The van der Waals surface area contributed by atoms with Crippen molar-refractivity contribution < 1.29 is 13.6 Å².